The lowest BCUT2D eigenvalue weighted by molar-refractivity contribution is -0.0533. The quantitative estimate of drug-likeness (QED) is 0.532. The number of furan rings is 1. The Morgan fingerprint density at radius 3 is 2.74 bits per heavy atom. The molecule has 1 amide bonds. The second-order valence-corrected chi connectivity index (χ2v) is 11.2. The van der Waals surface area contributed by atoms with E-state index in [-0.39, 0.29) is 12.0 Å². The van der Waals surface area contributed by atoms with E-state index >= 15 is 0 Å². The number of rotatable bonds is 8. The predicted molar refractivity (Wildman–Crippen MR) is 145 cm³/mol. The van der Waals surface area contributed by atoms with Gasteiger partial charge in [-0.05, 0) is 70.4 Å². The van der Waals surface area contributed by atoms with Crippen LogP contribution in [0.1, 0.15) is 78.4 Å². The molecule has 2 aromatic rings. The number of aryl methyl sites for hydroxylation is 1. The molecule has 9 heteroatoms. The summed E-state index contributed by atoms with van der Waals surface area (Å²) in [6.45, 7) is 7.65. The van der Waals surface area contributed by atoms with E-state index < -0.39 is 0 Å². The minimum absolute atomic E-state index is 0.00171. The van der Waals surface area contributed by atoms with Gasteiger partial charge in [-0.3, -0.25) is 4.79 Å². The molecule has 208 valence electrons. The smallest absolute Gasteiger partial charge is 0.272 e. The molecule has 5 rings (SSSR count). The lowest BCUT2D eigenvalue weighted by Gasteiger charge is -2.38. The van der Waals surface area contributed by atoms with Gasteiger partial charge in [0, 0.05) is 56.9 Å². The Morgan fingerprint density at radius 1 is 1.13 bits per heavy atom. The summed E-state index contributed by atoms with van der Waals surface area (Å²) >= 11 is 0. The highest BCUT2D eigenvalue weighted by Gasteiger charge is 2.31. The summed E-state index contributed by atoms with van der Waals surface area (Å²) in [4.78, 5) is 24.2. The molecule has 2 saturated heterocycles. The molecule has 0 spiro atoms. The van der Waals surface area contributed by atoms with Gasteiger partial charge in [0.15, 0.2) is 0 Å². The molecule has 0 radical (unpaired) electrons. The maximum Gasteiger partial charge on any atom is 0.272 e. The van der Waals surface area contributed by atoms with Gasteiger partial charge in [-0.25, -0.2) is 9.97 Å². The molecular formula is C29H43N5O4. The van der Waals surface area contributed by atoms with Crippen LogP contribution in [0.2, 0.25) is 0 Å². The molecule has 0 aromatic carbocycles. The molecule has 2 N–H and O–H groups in total. The van der Waals surface area contributed by atoms with Gasteiger partial charge in [0.05, 0.1) is 12.7 Å². The number of methoxy groups -OCH3 is 1. The van der Waals surface area contributed by atoms with Gasteiger partial charge >= 0.3 is 0 Å². The standard InChI is InChI=1S/C29H43N5O4/c1-19-7-8-25(38-19)22-6-4-5-21(15-22)16-30-28-20(2)27(31-18-32-28)29(35)34-12-9-23(10-13-34)33-24-11-14-37-17-26(24)36-3/h7-8,18,21-24,26,33H,4-6,9-17H2,1-3H3,(H,30,31,32)/t21-,22+,24?,26?/m1/s1. The van der Waals surface area contributed by atoms with Crippen LogP contribution in [-0.2, 0) is 9.47 Å². The van der Waals surface area contributed by atoms with Gasteiger partial charge < -0.3 is 29.4 Å². The van der Waals surface area contributed by atoms with E-state index in [4.69, 9.17) is 13.9 Å². The van der Waals surface area contributed by atoms with Crippen molar-refractivity contribution in [3.8, 4) is 0 Å². The number of aromatic nitrogens is 2. The average Bonchev–Trinajstić information content (AvgIpc) is 3.39. The van der Waals surface area contributed by atoms with E-state index in [0.29, 0.717) is 36.2 Å². The highest BCUT2D eigenvalue weighted by molar-refractivity contribution is 5.94. The Kier molecular flexibility index (Phi) is 8.97. The van der Waals surface area contributed by atoms with Crippen LogP contribution in [0.25, 0.3) is 0 Å². The molecule has 9 nitrogen and oxygen atoms in total. The van der Waals surface area contributed by atoms with Gasteiger partial charge in [-0.15, -0.1) is 0 Å². The Bertz CT molecular complexity index is 1070. The highest BCUT2D eigenvalue weighted by Crippen LogP contribution is 2.37. The first-order valence-corrected chi connectivity index (χ1v) is 14.3. The fourth-order valence-electron chi connectivity index (χ4n) is 6.33. The van der Waals surface area contributed by atoms with Crippen molar-refractivity contribution in [3.05, 3.63) is 41.2 Å². The summed E-state index contributed by atoms with van der Waals surface area (Å²) in [7, 11) is 1.75. The van der Waals surface area contributed by atoms with E-state index in [0.717, 1.165) is 74.8 Å². The molecule has 4 atom stereocenters. The summed E-state index contributed by atoms with van der Waals surface area (Å²) in [5.74, 6) is 3.89. The molecule has 2 unspecified atom stereocenters. The number of hydrogen-bond donors (Lipinski definition) is 2. The van der Waals surface area contributed by atoms with E-state index in [1.165, 1.54) is 25.6 Å². The lowest BCUT2D eigenvalue weighted by Crippen LogP contribution is -2.54. The number of carbonyl (C=O) groups excluding carboxylic acids is 1. The highest BCUT2D eigenvalue weighted by atomic mass is 16.5. The Labute approximate surface area is 226 Å². The number of ether oxygens (including phenoxy) is 2. The van der Waals surface area contributed by atoms with Crippen molar-refractivity contribution in [1.29, 1.82) is 0 Å². The second-order valence-electron chi connectivity index (χ2n) is 11.2. The molecule has 2 aromatic heterocycles. The van der Waals surface area contributed by atoms with Crippen molar-refractivity contribution >= 4 is 11.7 Å². The zero-order valence-electron chi connectivity index (χ0n) is 23.1. The van der Waals surface area contributed by atoms with Gasteiger partial charge in [0.1, 0.15) is 29.4 Å². The fourth-order valence-corrected chi connectivity index (χ4v) is 6.33. The molecule has 4 heterocycles. The van der Waals surface area contributed by atoms with E-state index in [1.54, 1.807) is 7.11 Å². The first-order chi connectivity index (χ1) is 18.5. The van der Waals surface area contributed by atoms with Gasteiger partial charge in [0.2, 0.25) is 0 Å². The van der Waals surface area contributed by atoms with Gasteiger partial charge in [-0.1, -0.05) is 6.42 Å². The zero-order chi connectivity index (χ0) is 26.5. The van der Waals surface area contributed by atoms with Gasteiger partial charge in [-0.2, -0.15) is 0 Å². The minimum Gasteiger partial charge on any atom is -0.466 e. The van der Waals surface area contributed by atoms with Crippen LogP contribution < -0.4 is 10.6 Å². The summed E-state index contributed by atoms with van der Waals surface area (Å²) in [6.07, 6.45) is 9.10. The normalized spacial score (nSPS) is 26.9. The molecule has 2 aliphatic heterocycles. The largest absolute Gasteiger partial charge is 0.466 e. The number of piperidine rings is 1. The summed E-state index contributed by atoms with van der Waals surface area (Å²) in [5.41, 5.74) is 1.34. The molecule has 0 bridgehead atoms. The zero-order valence-corrected chi connectivity index (χ0v) is 23.1. The van der Waals surface area contributed by atoms with Crippen LogP contribution in [0.4, 0.5) is 5.82 Å². The third-order valence-corrected chi connectivity index (χ3v) is 8.63. The van der Waals surface area contributed by atoms with Crippen LogP contribution in [-0.4, -0.2) is 78.9 Å². The molecule has 1 saturated carbocycles. The van der Waals surface area contributed by atoms with Crippen molar-refractivity contribution in [2.24, 2.45) is 5.92 Å². The van der Waals surface area contributed by atoms with Crippen LogP contribution >= 0.6 is 0 Å². The topological polar surface area (TPSA) is 102 Å². The van der Waals surface area contributed by atoms with E-state index in [1.807, 2.05) is 18.7 Å². The molecule has 38 heavy (non-hydrogen) atoms. The molecule has 3 aliphatic rings. The van der Waals surface area contributed by atoms with Crippen molar-refractivity contribution in [2.45, 2.75) is 82.9 Å². The summed E-state index contributed by atoms with van der Waals surface area (Å²) in [6, 6.07) is 4.87. The average molecular weight is 526 g/mol. The van der Waals surface area contributed by atoms with Crippen LogP contribution in [0, 0.1) is 19.8 Å². The first kappa shape index (κ1) is 27.1. The number of likely N-dealkylation sites (tertiary alicyclic amines) is 1. The van der Waals surface area contributed by atoms with Crippen molar-refractivity contribution in [2.75, 3.05) is 45.3 Å². The number of hydrogen-bond acceptors (Lipinski definition) is 8. The van der Waals surface area contributed by atoms with Crippen molar-refractivity contribution in [1.82, 2.24) is 20.2 Å². The summed E-state index contributed by atoms with van der Waals surface area (Å²) in [5, 5.41) is 7.29. The summed E-state index contributed by atoms with van der Waals surface area (Å²) < 4.78 is 17.1. The third-order valence-electron chi connectivity index (χ3n) is 8.63. The second kappa shape index (κ2) is 12.6. The number of nitrogens with one attached hydrogen (secondary N) is 2. The Hall–Kier alpha value is -2.49. The number of amides is 1. The first-order valence-electron chi connectivity index (χ1n) is 14.3. The lowest BCUT2D eigenvalue weighted by atomic mass is 9.80. The number of anilines is 1. The third kappa shape index (κ3) is 6.38. The van der Waals surface area contributed by atoms with Crippen molar-refractivity contribution in [3.63, 3.8) is 0 Å². The maximum atomic E-state index is 13.4. The van der Waals surface area contributed by atoms with E-state index in [2.05, 4.69) is 32.7 Å². The number of carbonyl (C=O) groups is 1. The molecule has 3 fully saturated rings. The van der Waals surface area contributed by atoms with Gasteiger partial charge in [0.25, 0.3) is 5.91 Å². The maximum absolute atomic E-state index is 13.4. The Morgan fingerprint density at radius 2 is 1.97 bits per heavy atom. The fraction of sp³-hybridized carbons (Fsp3) is 0.690. The van der Waals surface area contributed by atoms with Crippen LogP contribution in [0.3, 0.4) is 0 Å². The van der Waals surface area contributed by atoms with Crippen molar-refractivity contribution < 1.29 is 18.7 Å². The number of nitrogens with zero attached hydrogens (tertiary/aromatic N) is 3. The monoisotopic (exact) mass is 525 g/mol. The minimum atomic E-state index is -0.00171. The van der Waals surface area contributed by atoms with E-state index in [9.17, 15) is 4.79 Å². The Balaban J connectivity index is 1.13. The predicted octanol–water partition coefficient (Wildman–Crippen LogP) is 4.07. The molecular weight excluding hydrogens is 482 g/mol. The SMILES string of the molecule is COC1COCCC1NC1CCN(C(=O)c2ncnc(NC[C@@H]3CCC[C@H](c4ccc(C)o4)C3)c2C)CC1. The van der Waals surface area contributed by atoms with Crippen LogP contribution in [0.15, 0.2) is 22.9 Å². The van der Waals surface area contributed by atoms with Crippen LogP contribution in [0.5, 0.6) is 0 Å². The molecule has 1 aliphatic carbocycles.